The fourth-order valence-corrected chi connectivity index (χ4v) is 1.94. The molecule has 0 aliphatic rings. The first-order valence-corrected chi connectivity index (χ1v) is 6.03. The Morgan fingerprint density at radius 2 is 2.06 bits per heavy atom. The Balaban J connectivity index is 2.03. The van der Waals surface area contributed by atoms with Crippen LogP contribution in [0.1, 0.15) is 29.6 Å². The van der Waals surface area contributed by atoms with Crippen LogP contribution in [0.5, 0.6) is 0 Å². The standard InChI is InChI=1S/C13H18N4O/c1-8(5-12-10(3)17-18-11(12)4)15-13-7-14-6-9(2)16-13/h6-8H,5H2,1-4H3,(H,15,16). The molecule has 0 spiro atoms. The van der Waals surface area contributed by atoms with Crippen LogP contribution < -0.4 is 5.32 Å². The van der Waals surface area contributed by atoms with E-state index >= 15 is 0 Å². The van der Waals surface area contributed by atoms with Crippen LogP contribution in [0, 0.1) is 20.8 Å². The predicted molar refractivity (Wildman–Crippen MR) is 69.5 cm³/mol. The fraction of sp³-hybridized carbons (Fsp3) is 0.462. The molecule has 0 aliphatic heterocycles. The molecular weight excluding hydrogens is 228 g/mol. The van der Waals surface area contributed by atoms with Crippen molar-refractivity contribution < 1.29 is 4.52 Å². The van der Waals surface area contributed by atoms with E-state index in [1.807, 2.05) is 20.8 Å². The highest BCUT2D eigenvalue weighted by Crippen LogP contribution is 2.16. The van der Waals surface area contributed by atoms with Crippen LogP contribution >= 0.6 is 0 Å². The molecule has 5 nitrogen and oxygen atoms in total. The van der Waals surface area contributed by atoms with Gasteiger partial charge in [0.15, 0.2) is 0 Å². The van der Waals surface area contributed by atoms with Crippen LogP contribution in [-0.2, 0) is 6.42 Å². The molecule has 2 aromatic heterocycles. The molecular formula is C13H18N4O. The SMILES string of the molecule is Cc1cncc(NC(C)Cc2c(C)noc2C)n1. The van der Waals surface area contributed by atoms with E-state index in [1.54, 1.807) is 12.4 Å². The highest BCUT2D eigenvalue weighted by molar-refractivity contribution is 5.34. The van der Waals surface area contributed by atoms with Crippen molar-refractivity contribution in [1.29, 1.82) is 0 Å². The number of hydrogen-bond donors (Lipinski definition) is 1. The van der Waals surface area contributed by atoms with Crippen molar-refractivity contribution in [3.05, 3.63) is 35.1 Å². The van der Waals surface area contributed by atoms with Crippen LogP contribution in [0.3, 0.4) is 0 Å². The number of aryl methyl sites for hydroxylation is 3. The van der Waals surface area contributed by atoms with Gasteiger partial charge in [-0.05, 0) is 34.1 Å². The minimum absolute atomic E-state index is 0.248. The normalized spacial score (nSPS) is 12.4. The first-order chi connectivity index (χ1) is 8.56. The Morgan fingerprint density at radius 3 is 2.67 bits per heavy atom. The number of anilines is 1. The molecule has 0 aliphatic carbocycles. The third kappa shape index (κ3) is 2.85. The van der Waals surface area contributed by atoms with E-state index < -0.39 is 0 Å². The lowest BCUT2D eigenvalue weighted by molar-refractivity contribution is 0.392. The van der Waals surface area contributed by atoms with Gasteiger partial charge in [-0.25, -0.2) is 4.98 Å². The van der Waals surface area contributed by atoms with Crippen LogP contribution in [0.15, 0.2) is 16.9 Å². The second kappa shape index (κ2) is 5.16. The molecule has 1 unspecified atom stereocenters. The van der Waals surface area contributed by atoms with Gasteiger partial charge >= 0.3 is 0 Å². The molecule has 1 atom stereocenters. The summed E-state index contributed by atoms with van der Waals surface area (Å²) in [4.78, 5) is 8.49. The van der Waals surface area contributed by atoms with Crippen LogP contribution in [0.2, 0.25) is 0 Å². The van der Waals surface area contributed by atoms with E-state index in [-0.39, 0.29) is 6.04 Å². The van der Waals surface area contributed by atoms with Crippen molar-refractivity contribution in [1.82, 2.24) is 15.1 Å². The Labute approximate surface area is 107 Å². The van der Waals surface area contributed by atoms with Gasteiger partial charge in [0.1, 0.15) is 11.6 Å². The average Bonchev–Trinajstić information content (AvgIpc) is 2.61. The lowest BCUT2D eigenvalue weighted by Crippen LogP contribution is -2.19. The number of nitrogens with zero attached hydrogens (tertiary/aromatic N) is 3. The van der Waals surface area contributed by atoms with Gasteiger partial charge in [-0.15, -0.1) is 0 Å². The van der Waals surface area contributed by atoms with E-state index in [4.69, 9.17) is 4.52 Å². The Hall–Kier alpha value is -1.91. The van der Waals surface area contributed by atoms with Crippen LogP contribution in [0.4, 0.5) is 5.82 Å². The van der Waals surface area contributed by atoms with Crippen molar-refractivity contribution in [2.75, 3.05) is 5.32 Å². The van der Waals surface area contributed by atoms with Crippen molar-refractivity contribution in [2.45, 2.75) is 40.2 Å². The summed E-state index contributed by atoms with van der Waals surface area (Å²) in [7, 11) is 0. The maximum Gasteiger partial charge on any atom is 0.145 e. The molecule has 5 heteroatoms. The smallest absolute Gasteiger partial charge is 0.145 e. The lowest BCUT2D eigenvalue weighted by Gasteiger charge is -2.14. The zero-order chi connectivity index (χ0) is 13.1. The van der Waals surface area contributed by atoms with Gasteiger partial charge in [-0.2, -0.15) is 0 Å². The van der Waals surface area contributed by atoms with E-state index in [1.165, 1.54) is 0 Å². The van der Waals surface area contributed by atoms with E-state index in [0.717, 1.165) is 35.0 Å². The molecule has 0 bridgehead atoms. The molecule has 0 aromatic carbocycles. The Morgan fingerprint density at radius 1 is 1.28 bits per heavy atom. The minimum Gasteiger partial charge on any atom is -0.366 e. The van der Waals surface area contributed by atoms with Crippen molar-refractivity contribution in [3.8, 4) is 0 Å². The number of rotatable bonds is 4. The first kappa shape index (κ1) is 12.5. The van der Waals surface area contributed by atoms with Gasteiger partial charge in [0.25, 0.3) is 0 Å². The molecule has 96 valence electrons. The summed E-state index contributed by atoms with van der Waals surface area (Å²) in [5.74, 6) is 1.69. The molecule has 2 heterocycles. The quantitative estimate of drug-likeness (QED) is 0.897. The zero-order valence-electron chi connectivity index (χ0n) is 11.2. The molecule has 2 rings (SSSR count). The second-order valence-electron chi connectivity index (χ2n) is 4.60. The maximum absolute atomic E-state index is 5.16. The summed E-state index contributed by atoms with van der Waals surface area (Å²) < 4.78 is 5.16. The summed E-state index contributed by atoms with van der Waals surface area (Å²) >= 11 is 0. The van der Waals surface area contributed by atoms with Gasteiger partial charge in [-0.3, -0.25) is 4.98 Å². The van der Waals surface area contributed by atoms with Crippen LogP contribution in [-0.4, -0.2) is 21.2 Å². The third-order valence-electron chi connectivity index (χ3n) is 2.84. The van der Waals surface area contributed by atoms with E-state index in [0.29, 0.717) is 0 Å². The summed E-state index contributed by atoms with van der Waals surface area (Å²) in [5.41, 5.74) is 3.02. The minimum atomic E-state index is 0.248. The molecule has 0 saturated carbocycles. The lowest BCUT2D eigenvalue weighted by atomic mass is 10.1. The van der Waals surface area contributed by atoms with Gasteiger partial charge < -0.3 is 9.84 Å². The van der Waals surface area contributed by atoms with E-state index in [9.17, 15) is 0 Å². The van der Waals surface area contributed by atoms with Crippen molar-refractivity contribution in [2.24, 2.45) is 0 Å². The maximum atomic E-state index is 5.16. The number of hydrogen-bond acceptors (Lipinski definition) is 5. The Bertz CT molecular complexity index is 516. The zero-order valence-corrected chi connectivity index (χ0v) is 11.2. The Kier molecular flexibility index (Phi) is 3.60. The summed E-state index contributed by atoms with van der Waals surface area (Å²) in [5, 5.41) is 7.29. The predicted octanol–water partition coefficient (Wildman–Crippen LogP) is 2.43. The molecule has 1 N–H and O–H groups in total. The van der Waals surface area contributed by atoms with Gasteiger partial charge in [0.05, 0.1) is 17.6 Å². The molecule has 2 aromatic rings. The van der Waals surface area contributed by atoms with Crippen molar-refractivity contribution in [3.63, 3.8) is 0 Å². The molecule has 0 radical (unpaired) electrons. The van der Waals surface area contributed by atoms with Crippen molar-refractivity contribution >= 4 is 5.82 Å². The fourth-order valence-electron chi connectivity index (χ4n) is 1.94. The molecule has 0 saturated heterocycles. The molecule has 0 amide bonds. The molecule has 18 heavy (non-hydrogen) atoms. The summed E-state index contributed by atoms with van der Waals surface area (Å²) in [6, 6.07) is 0.248. The van der Waals surface area contributed by atoms with Gasteiger partial charge in [-0.1, -0.05) is 5.16 Å². The van der Waals surface area contributed by atoms with E-state index in [2.05, 4.69) is 27.4 Å². The topological polar surface area (TPSA) is 63.8 Å². The highest BCUT2D eigenvalue weighted by atomic mass is 16.5. The first-order valence-electron chi connectivity index (χ1n) is 6.03. The van der Waals surface area contributed by atoms with Gasteiger partial charge in [0, 0.05) is 17.8 Å². The number of nitrogens with one attached hydrogen (secondary N) is 1. The highest BCUT2D eigenvalue weighted by Gasteiger charge is 2.13. The number of aromatic nitrogens is 3. The molecule has 0 fully saturated rings. The third-order valence-corrected chi connectivity index (χ3v) is 2.84. The summed E-state index contributed by atoms with van der Waals surface area (Å²) in [6.07, 6.45) is 4.33. The summed E-state index contributed by atoms with van der Waals surface area (Å²) in [6.45, 7) is 7.94. The largest absolute Gasteiger partial charge is 0.366 e. The monoisotopic (exact) mass is 246 g/mol. The van der Waals surface area contributed by atoms with Gasteiger partial charge in [0.2, 0.25) is 0 Å². The second-order valence-corrected chi connectivity index (χ2v) is 4.60. The van der Waals surface area contributed by atoms with Crippen LogP contribution in [0.25, 0.3) is 0 Å². The average molecular weight is 246 g/mol.